The minimum absolute atomic E-state index is 0.185. The summed E-state index contributed by atoms with van der Waals surface area (Å²) in [4.78, 5) is 34.7. The first-order valence-electron chi connectivity index (χ1n) is 13.2. The second kappa shape index (κ2) is 11.5. The van der Waals surface area contributed by atoms with Crippen LogP contribution in [0.3, 0.4) is 0 Å². The molecule has 1 unspecified atom stereocenters. The summed E-state index contributed by atoms with van der Waals surface area (Å²) in [7, 11) is 3.19. The van der Waals surface area contributed by atoms with Crippen molar-refractivity contribution in [1.82, 2.24) is 14.5 Å². The first kappa shape index (κ1) is 28.0. The van der Waals surface area contributed by atoms with Crippen molar-refractivity contribution in [1.29, 1.82) is 0 Å². The molecular weight excluding hydrogens is 549 g/mol. The standard InChI is InChI=1S/C31H31Cl2N3O4/c1-18(2)21-9-11-36-29(31(38)35(17-21)16-19-12-22(39-3)15-23(13-19)40-4)27(20-7-8-25(32)26(33)14-20)24-6-5-10-34-28(24)30(36)37/h5-8,10,12-15,18,21H,9,11,16-17H2,1-4H3. The third kappa shape index (κ3) is 5.28. The van der Waals surface area contributed by atoms with E-state index in [4.69, 9.17) is 32.7 Å². The van der Waals surface area contributed by atoms with Crippen LogP contribution in [0.5, 0.6) is 11.5 Å². The van der Waals surface area contributed by atoms with Gasteiger partial charge in [0.2, 0.25) is 0 Å². The molecule has 0 N–H and O–H groups in total. The number of benzene rings is 2. The number of methoxy groups -OCH3 is 2. The number of hydrogen-bond acceptors (Lipinski definition) is 5. The Balaban J connectivity index is 1.76. The Hall–Kier alpha value is -3.55. The van der Waals surface area contributed by atoms with E-state index >= 15 is 0 Å². The molecule has 3 heterocycles. The van der Waals surface area contributed by atoms with Gasteiger partial charge in [-0.25, -0.2) is 0 Å². The Labute approximate surface area is 243 Å². The maximum Gasteiger partial charge on any atom is 0.277 e. The third-order valence-electron chi connectivity index (χ3n) is 7.64. The van der Waals surface area contributed by atoms with Crippen LogP contribution in [0.25, 0.3) is 22.0 Å². The summed E-state index contributed by atoms with van der Waals surface area (Å²) in [6.07, 6.45) is 2.33. The minimum Gasteiger partial charge on any atom is -0.497 e. The Kier molecular flexibility index (Phi) is 8.06. The fourth-order valence-corrected chi connectivity index (χ4v) is 5.71. The molecule has 208 valence electrons. The lowest BCUT2D eigenvalue weighted by Gasteiger charge is -2.34. The molecule has 40 heavy (non-hydrogen) atoms. The maximum atomic E-state index is 14.6. The number of pyridine rings is 2. The van der Waals surface area contributed by atoms with Crippen LogP contribution >= 0.6 is 23.2 Å². The molecule has 0 bridgehead atoms. The highest BCUT2D eigenvalue weighted by molar-refractivity contribution is 6.42. The largest absolute Gasteiger partial charge is 0.497 e. The first-order valence-corrected chi connectivity index (χ1v) is 14.0. The third-order valence-corrected chi connectivity index (χ3v) is 8.37. The molecule has 7 nitrogen and oxygen atoms in total. The van der Waals surface area contributed by atoms with Crippen molar-refractivity contribution < 1.29 is 14.3 Å². The second-order valence-electron chi connectivity index (χ2n) is 10.4. The van der Waals surface area contributed by atoms with Crippen LogP contribution in [0.15, 0.2) is 59.5 Å². The molecular formula is C31H31Cl2N3O4. The number of carbonyl (C=O) groups is 1. The molecule has 4 aromatic rings. The summed E-state index contributed by atoms with van der Waals surface area (Å²) >= 11 is 12.7. The van der Waals surface area contributed by atoms with E-state index in [1.807, 2.05) is 29.2 Å². The van der Waals surface area contributed by atoms with Crippen molar-refractivity contribution in [3.8, 4) is 22.6 Å². The highest BCUT2D eigenvalue weighted by Crippen LogP contribution is 2.36. The first-order chi connectivity index (χ1) is 19.2. The van der Waals surface area contributed by atoms with E-state index in [9.17, 15) is 9.59 Å². The number of hydrogen-bond donors (Lipinski definition) is 0. The fourth-order valence-electron chi connectivity index (χ4n) is 5.41. The summed E-state index contributed by atoms with van der Waals surface area (Å²) < 4.78 is 12.6. The smallest absolute Gasteiger partial charge is 0.277 e. The lowest BCUT2D eigenvalue weighted by molar-refractivity contribution is 0.0657. The number of ether oxygens (including phenoxy) is 2. The fraction of sp³-hybridized carbons (Fsp3) is 0.323. The van der Waals surface area contributed by atoms with Crippen molar-refractivity contribution in [2.45, 2.75) is 33.4 Å². The summed E-state index contributed by atoms with van der Waals surface area (Å²) in [5.41, 5.74) is 2.51. The van der Waals surface area contributed by atoms with Gasteiger partial charge in [-0.3, -0.25) is 14.6 Å². The predicted octanol–water partition coefficient (Wildman–Crippen LogP) is 6.71. The van der Waals surface area contributed by atoms with Gasteiger partial charge in [0.05, 0.1) is 24.3 Å². The number of carbonyl (C=O) groups excluding carboxylic acids is 1. The lowest BCUT2D eigenvalue weighted by atomic mass is 9.89. The molecule has 1 amide bonds. The van der Waals surface area contributed by atoms with Gasteiger partial charge in [0.15, 0.2) is 0 Å². The zero-order valence-electron chi connectivity index (χ0n) is 22.9. The van der Waals surface area contributed by atoms with Gasteiger partial charge in [-0.15, -0.1) is 0 Å². The highest BCUT2D eigenvalue weighted by Gasteiger charge is 2.32. The van der Waals surface area contributed by atoms with Crippen LogP contribution in [0.2, 0.25) is 10.0 Å². The number of nitrogens with zero attached hydrogens (tertiary/aromatic N) is 3. The molecule has 0 fully saturated rings. The van der Waals surface area contributed by atoms with Gasteiger partial charge >= 0.3 is 0 Å². The van der Waals surface area contributed by atoms with Gasteiger partial charge in [0.1, 0.15) is 22.7 Å². The van der Waals surface area contributed by atoms with Crippen LogP contribution in [-0.2, 0) is 13.1 Å². The van der Waals surface area contributed by atoms with E-state index in [0.717, 1.165) is 12.0 Å². The van der Waals surface area contributed by atoms with Crippen molar-refractivity contribution >= 4 is 40.0 Å². The number of aromatic nitrogens is 2. The van der Waals surface area contributed by atoms with E-state index < -0.39 is 0 Å². The SMILES string of the molecule is COc1cc(CN2CC(C(C)C)CCn3c(c(-c4ccc(Cl)c(Cl)c4)c4cccnc4c3=O)C2=O)cc(OC)c1. The molecule has 0 saturated carbocycles. The van der Waals surface area contributed by atoms with E-state index in [0.29, 0.717) is 74.8 Å². The van der Waals surface area contributed by atoms with Gasteiger partial charge in [0.25, 0.3) is 11.5 Å². The monoisotopic (exact) mass is 579 g/mol. The zero-order valence-corrected chi connectivity index (χ0v) is 24.4. The van der Waals surface area contributed by atoms with Gasteiger partial charge in [-0.05, 0) is 59.7 Å². The topological polar surface area (TPSA) is 73.7 Å². The molecule has 2 aromatic heterocycles. The highest BCUT2D eigenvalue weighted by atomic mass is 35.5. The molecule has 1 aliphatic heterocycles. The predicted molar refractivity (Wildman–Crippen MR) is 159 cm³/mol. The molecule has 0 radical (unpaired) electrons. The van der Waals surface area contributed by atoms with Crippen molar-refractivity contribution in [2.24, 2.45) is 11.8 Å². The average Bonchev–Trinajstić information content (AvgIpc) is 2.95. The number of fused-ring (bicyclic) bond motifs is 2. The quantitative estimate of drug-likeness (QED) is 0.254. The Morgan fingerprint density at radius 2 is 1.73 bits per heavy atom. The maximum absolute atomic E-state index is 14.6. The van der Waals surface area contributed by atoms with Crippen LogP contribution < -0.4 is 15.0 Å². The number of rotatable bonds is 6. The summed E-state index contributed by atoms with van der Waals surface area (Å²) in [5, 5.41) is 1.36. The minimum atomic E-state index is -0.282. The van der Waals surface area contributed by atoms with Crippen LogP contribution in [0, 0.1) is 11.8 Å². The summed E-state index contributed by atoms with van der Waals surface area (Å²) in [6.45, 7) is 5.56. The Morgan fingerprint density at radius 1 is 1.00 bits per heavy atom. The van der Waals surface area contributed by atoms with Crippen molar-refractivity contribution in [3.05, 3.63) is 86.4 Å². The van der Waals surface area contributed by atoms with Crippen molar-refractivity contribution in [2.75, 3.05) is 20.8 Å². The van der Waals surface area contributed by atoms with E-state index in [-0.39, 0.29) is 17.4 Å². The lowest BCUT2D eigenvalue weighted by Crippen LogP contribution is -2.43. The molecule has 0 spiro atoms. The van der Waals surface area contributed by atoms with Gasteiger partial charge in [-0.1, -0.05) is 49.2 Å². The number of halogens is 2. The molecule has 9 heteroatoms. The van der Waals surface area contributed by atoms with E-state index in [2.05, 4.69) is 18.8 Å². The zero-order chi connectivity index (χ0) is 28.6. The van der Waals surface area contributed by atoms with Crippen LogP contribution in [-0.4, -0.2) is 41.1 Å². The molecule has 1 atom stereocenters. The van der Waals surface area contributed by atoms with Gasteiger partial charge in [0, 0.05) is 42.8 Å². The average molecular weight is 581 g/mol. The number of amides is 1. The molecule has 5 rings (SSSR count). The van der Waals surface area contributed by atoms with Crippen LogP contribution in [0.1, 0.15) is 36.3 Å². The Morgan fingerprint density at radius 3 is 2.38 bits per heavy atom. The normalized spacial score (nSPS) is 15.6. The van der Waals surface area contributed by atoms with E-state index in [1.165, 1.54) is 0 Å². The second-order valence-corrected chi connectivity index (χ2v) is 11.2. The molecule has 2 aromatic carbocycles. The molecule has 1 aliphatic rings. The van der Waals surface area contributed by atoms with E-state index in [1.54, 1.807) is 49.2 Å². The summed E-state index contributed by atoms with van der Waals surface area (Å²) in [6, 6.07) is 14.4. The van der Waals surface area contributed by atoms with Crippen molar-refractivity contribution in [3.63, 3.8) is 0 Å². The molecule has 0 aliphatic carbocycles. The Bertz CT molecular complexity index is 1630. The van der Waals surface area contributed by atoms with Gasteiger partial charge < -0.3 is 18.9 Å². The summed E-state index contributed by atoms with van der Waals surface area (Å²) in [5.74, 6) is 1.53. The van der Waals surface area contributed by atoms with Crippen LogP contribution in [0.4, 0.5) is 0 Å². The van der Waals surface area contributed by atoms with Gasteiger partial charge in [-0.2, -0.15) is 0 Å². The molecule has 0 saturated heterocycles.